The lowest BCUT2D eigenvalue weighted by molar-refractivity contribution is 0.0604. The van der Waals surface area contributed by atoms with Crippen molar-refractivity contribution in [3.63, 3.8) is 0 Å². The summed E-state index contributed by atoms with van der Waals surface area (Å²) in [5.74, 6) is 1.03. The molecule has 0 amide bonds. The average Bonchev–Trinajstić information content (AvgIpc) is 2.73. The van der Waals surface area contributed by atoms with Gasteiger partial charge in [-0.05, 0) is 69.2 Å². The fourth-order valence-electron chi connectivity index (χ4n) is 5.58. The Bertz CT molecular complexity index is 1020. The number of hydrogen-bond acceptors (Lipinski definition) is 4. The molecule has 30 heavy (non-hydrogen) atoms. The molecule has 3 heterocycles. The number of aromatic nitrogens is 2. The molecule has 2 saturated heterocycles. The second kappa shape index (κ2) is 7.99. The van der Waals surface area contributed by atoms with E-state index in [9.17, 15) is 0 Å². The van der Waals surface area contributed by atoms with Crippen molar-refractivity contribution < 1.29 is 0 Å². The highest BCUT2D eigenvalue weighted by Crippen LogP contribution is 2.41. The van der Waals surface area contributed by atoms with Crippen LogP contribution in [-0.2, 0) is 6.54 Å². The van der Waals surface area contributed by atoms with E-state index in [1.165, 1.54) is 55.5 Å². The van der Waals surface area contributed by atoms with Crippen LogP contribution in [0, 0.1) is 19.3 Å². The fraction of sp³-hybridized carbons (Fsp3) is 0.462. The first kappa shape index (κ1) is 19.5. The third-order valence-corrected chi connectivity index (χ3v) is 7.01. The minimum Gasteiger partial charge on any atom is -0.355 e. The number of aryl methyl sites for hydroxylation is 2. The van der Waals surface area contributed by atoms with E-state index in [0.717, 1.165) is 36.5 Å². The highest BCUT2D eigenvalue weighted by molar-refractivity contribution is 5.75. The summed E-state index contributed by atoms with van der Waals surface area (Å²) in [5.41, 5.74) is 6.66. The summed E-state index contributed by atoms with van der Waals surface area (Å²) in [6.07, 6.45) is 7.15. The van der Waals surface area contributed by atoms with E-state index in [2.05, 4.69) is 52.9 Å². The topological polar surface area (TPSA) is 32.3 Å². The lowest BCUT2D eigenvalue weighted by Crippen LogP contribution is -2.49. The fourth-order valence-corrected chi connectivity index (χ4v) is 5.58. The minimum atomic E-state index is 0.470. The molecule has 0 bridgehead atoms. The number of benzene rings is 2. The van der Waals surface area contributed by atoms with Crippen LogP contribution in [0.1, 0.15) is 42.4 Å². The van der Waals surface area contributed by atoms with Gasteiger partial charge in [-0.2, -0.15) is 0 Å². The molecule has 0 aliphatic carbocycles. The van der Waals surface area contributed by atoms with E-state index in [4.69, 9.17) is 4.98 Å². The molecule has 5 rings (SSSR count). The third kappa shape index (κ3) is 4.06. The number of likely N-dealkylation sites (tertiary alicyclic amines) is 1. The quantitative estimate of drug-likeness (QED) is 0.610. The summed E-state index contributed by atoms with van der Waals surface area (Å²) in [7, 11) is 0. The Hall–Kier alpha value is -2.46. The largest absolute Gasteiger partial charge is 0.355 e. The highest BCUT2D eigenvalue weighted by Gasteiger charge is 2.38. The Labute approximate surface area is 179 Å². The van der Waals surface area contributed by atoms with Gasteiger partial charge < -0.3 is 4.90 Å². The molecule has 4 nitrogen and oxygen atoms in total. The molecule has 0 saturated carbocycles. The molecule has 2 aromatic carbocycles. The molecule has 3 aromatic rings. The minimum absolute atomic E-state index is 0.470. The second-order valence-electron chi connectivity index (χ2n) is 9.51. The smallest absolute Gasteiger partial charge is 0.147 e. The van der Waals surface area contributed by atoms with Gasteiger partial charge in [-0.1, -0.05) is 41.5 Å². The van der Waals surface area contributed by atoms with Gasteiger partial charge in [0.2, 0.25) is 0 Å². The van der Waals surface area contributed by atoms with Crippen LogP contribution >= 0.6 is 0 Å². The number of para-hydroxylation sites is 2. The maximum atomic E-state index is 4.87. The summed E-state index contributed by atoms with van der Waals surface area (Å²) in [6.45, 7) is 10.1. The standard InChI is InChI=1S/C26H32N4/c1-20-14-21(2)16-22(15-20)18-29-11-5-8-26(19-29)9-12-30(13-10-26)25-17-27-23-6-3-4-7-24(23)28-25/h3-4,6-7,14-17H,5,8-13,18-19H2,1-2H3. The van der Waals surface area contributed by atoms with Gasteiger partial charge in [-0.25, -0.2) is 4.98 Å². The molecule has 0 unspecified atom stereocenters. The monoisotopic (exact) mass is 400 g/mol. The Morgan fingerprint density at radius 3 is 2.40 bits per heavy atom. The Morgan fingerprint density at radius 2 is 1.63 bits per heavy atom. The third-order valence-electron chi connectivity index (χ3n) is 7.01. The number of piperidine rings is 2. The Kier molecular flexibility index (Phi) is 5.20. The van der Waals surface area contributed by atoms with E-state index in [1.807, 2.05) is 24.4 Å². The zero-order valence-corrected chi connectivity index (χ0v) is 18.3. The van der Waals surface area contributed by atoms with Crippen LogP contribution in [0.4, 0.5) is 5.82 Å². The number of fused-ring (bicyclic) bond motifs is 1. The van der Waals surface area contributed by atoms with Crippen LogP contribution in [0.3, 0.4) is 0 Å². The molecule has 0 radical (unpaired) electrons. The summed E-state index contributed by atoms with van der Waals surface area (Å²) >= 11 is 0. The molecular formula is C26H32N4. The van der Waals surface area contributed by atoms with Crippen molar-refractivity contribution in [1.29, 1.82) is 0 Å². The summed E-state index contributed by atoms with van der Waals surface area (Å²) in [4.78, 5) is 14.6. The van der Waals surface area contributed by atoms with Crippen LogP contribution in [0.15, 0.2) is 48.7 Å². The number of rotatable bonds is 3. The van der Waals surface area contributed by atoms with Crippen LogP contribution in [0.25, 0.3) is 11.0 Å². The van der Waals surface area contributed by atoms with Crippen molar-refractivity contribution >= 4 is 16.9 Å². The summed E-state index contributed by atoms with van der Waals surface area (Å²) in [6, 6.07) is 15.1. The van der Waals surface area contributed by atoms with Crippen molar-refractivity contribution in [3.05, 3.63) is 65.4 Å². The van der Waals surface area contributed by atoms with Crippen molar-refractivity contribution in [2.24, 2.45) is 5.41 Å². The second-order valence-corrected chi connectivity index (χ2v) is 9.51. The van der Waals surface area contributed by atoms with Gasteiger partial charge in [0.05, 0.1) is 17.2 Å². The first-order valence-corrected chi connectivity index (χ1v) is 11.3. The van der Waals surface area contributed by atoms with Crippen molar-refractivity contribution in [2.45, 2.75) is 46.1 Å². The maximum absolute atomic E-state index is 4.87. The van der Waals surface area contributed by atoms with E-state index < -0.39 is 0 Å². The molecule has 1 aromatic heterocycles. The molecule has 0 N–H and O–H groups in total. The van der Waals surface area contributed by atoms with E-state index >= 15 is 0 Å². The predicted octanol–water partition coefficient (Wildman–Crippen LogP) is 5.13. The van der Waals surface area contributed by atoms with Crippen LogP contribution in [-0.4, -0.2) is 41.0 Å². The van der Waals surface area contributed by atoms with Gasteiger partial charge in [-0.15, -0.1) is 0 Å². The molecule has 156 valence electrons. The van der Waals surface area contributed by atoms with Gasteiger partial charge in [0.1, 0.15) is 5.82 Å². The lowest BCUT2D eigenvalue weighted by Gasteiger charge is -2.48. The molecule has 0 atom stereocenters. The molecular weight excluding hydrogens is 368 g/mol. The Morgan fingerprint density at radius 1 is 0.900 bits per heavy atom. The zero-order chi connectivity index (χ0) is 20.6. The summed E-state index contributed by atoms with van der Waals surface area (Å²) in [5, 5.41) is 0. The van der Waals surface area contributed by atoms with Crippen LogP contribution in [0.5, 0.6) is 0 Å². The van der Waals surface area contributed by atoms with Gasteiger partial charge in [0, 0.05) is 26.2 Å². The highest BCUT2D eigenvalue weighted by atomic mass is 15.2. The van der Waals surface area contributed by atoms with E-state index in [-0.39, 0.29) is 0 Å². The van der Waals surface area contributed by atoms with Crippen LogP contribution < -0.4 is 4.90 Å². The maximum Gasteiger partial charge on any atom is 0.147 e. The van der Waals surface area contributed by atoms with E-state index in [0.29, 0.717) is 5.41 Å². The van der Waals surface area contributed by atoms with Gasteiger partial charge >= 0.3 is 0 Å². The van der Waals surface area contributed by atoms with Crippen molar-refractivity contribution in [1.82, 2.24) is 14.9 Å². The number of anilines is 1. The van der Waals surface area contributed by atoms with Gasteiger partial charge in [0.25, 0.3) is 0 Å². The molecule has 4 heteroatoms. The van der Waals surface area contributed by atoms with Gasteiger partial charge in [-0.3, -0.25) is 9.88 Å². The molecule has 2 aliphatic rings. The van der Waals surface area contributed by atoms with Crippen LogP contribution in [0.2, 0.25) is 0 Å². The SMILES string of the molecule is Cc1cc(C)cc(CN2CCCC3(CCN(c4cnc5ccccc5n4)CC3)C2)c1. The van der Waals surface area contributed by atoms with Gasteiger partial charge in [0.15, 0.2) is 0 Å². The number of hydrogen-bond donors (Lipinski definition) is 0. The molecule has 2 aliphatic heterocycles. The first-order chi connectivity index (χ1) is 14.6. The number of nitrogens with zero attached hydrogens (tertiary/aromatic N) is 4. The molecule has 1 spiro atoms. The Balaban J connectivity index is 1.25. The summed E-state index contributed by atoms with van der Waals surface area (Å²) < 4.78 is 0. The average molecular weight is 401 g/mol. The first-order valence-electron chi connectivity index (χ1n) is 11.3. The van der Waals surface area contributed by atoms with E-state index in [1.54, 1.807) is 0 Å². The zero-order valence-electron chi connectivity index (χ0n) is 18.3. The van der Waals surface area contributed by atoms with Crippen molar-refractivity contribution in [2.75, 3.05) is 31.1 Å². The van der Waals surface area contributed by atoms with Crippen molar-refractivity contribution in [3.8, 4) is 0 Å². The molecule has 2 fully saturated rings. The lowest BCUT2D eigenvalue weighted by atomic mass is 9.72. The predicted molar refractivity (Wildman–Crippen MR) is 124 cm³/mol. The normalized spacial score (nSPS) is 19.5.